The van der Waals surface area contributed by atoms with Gasteiger partial charge in [0, 0.05) is 6.07 Å². The Morgan fingerprint density at radius 2 is 1.50 bits per heavy atom. The molecule has 0 aliphatic rings. The summed E-state index contributed by atoms with van der Waals surface area (Å²) in [5.41, 5.74) is 1.58. The van der Waals surface area contributed by atoms with Gasteiger partial charge in [-0.05, 0) is 37.1 Å². The molecular weight excluding hydrogens is 252 g/mol. The highest BCUT2D eigenvalue weighted by Crippen LogP contribution is 2.34. The van der Waals surface area contributed by atoms with E-state index in [1.807, 2.05) is 43.3 Å². The van der Waals surface area contributed by atoms with Gasteiger partial charge in [-0.2, -0.15) is 0 Å². The second-order valence-electron chi connectivity index (χ2n) is 5.04. The lowest BCUT2D eigenvalue weighted by atomic mass is 9.87. The summed E-state index contributed by atoms with van der Waals surface area (Å²) in [4.78, 5) is 0. The molecule has 0 radical (unpaired) electrons. The van der Waals surface area contributed by atoms with Crippen molar-refractivity contribution >= 4 is 0 Å². The molecular formula is C17H20O3. The van der Waals surface area contributed by atoms with E-state index in [1.165, 1.54) is 0 Å². The molecule has 3 heteroatoms. The number of hydrogen-bond acceptors (Lipinski definition) is 3. The van der Waals surface area contributed by atoms with E-state index in [1.54, 1.807) is 27.2 Å². The van der Waals surface area contributed by atoms with Crippen LogP contribution < -0.4 is 9.47 Å². The molecule has 3 nitrogen and oxygen atoms in total. The predicted molar refractivity (Wildman–Crippen MR) is 79.4 cm³/mol. The van der Waals surface area contributed by atoms with Crippen LogP contribution in [0, 0.1) is 6.92 Å². The quantitative estimate of drug-likeness (QED) is 0.928. The molecule has 0 aromatic heterocycles. The highest BCUT2D eigenvalue weighted by molar-refractivity contribution is 5.45. The lowest BCUT2D eigenvalue weighted by Crippen LogP contribution is -2.23. The maximum absolute atomic E-state index is 10.9. The van der Waals surface area contributed by atoms with Crippen molar-refractivity contribution in [1.29, 1.82) is 0 Å². The van der Waals surface area contributed by atoms with E-state index in [9.17, 15) is 5.11 Å². The third-order valence-corrected chi connectivity index (χ3v) is 3.49. The van der Waals surface area contributed by atoms with Gasteiger partial charge in [0.1, 0.15) is 17.1 Å². The van der Waals surface area contributed by atoms with Crippen molar-refractivity contribution in [2.75, 3.05) is 14.2 Å². The molecule has 2 aromatic rings. The molecule has 0 aliphatic heterocycles. The zero-order valence-corrected chi connectivity index (χ0v) is 12.3. The van der Waals surface area contributed by atoms with E-state index in [0.29, 0.717) is 11.5 Å². The Bertz CT molecular complexity index is 581. The molecule has 20 heavy (non-hydrogen) atoms. The SMILES string of the molecule is COc1cc(OC)cc(C(C)(O)c2cccc(C)c2)c1. The highest BCUT2D eigenvalue weighted by atomic mass is 16.5. The molecule has 1 N–H and O–H groups in total. The molecule has 1 unspecified atom stereocenters. The summed E-state index contributed by atoms with van der Waals surface area (Å²) in [7, 11) is 3.19. The molecule has 0 saturated carbocycles. The zero-order chi connectivity index (χ0) is 14.8. The van der Waals surface area contributed by atoms with Crippen LogP contribution in [0.3, 0.4) is 0 Å². The van der Waals surface area contributed by atoms with Crippen LogP contribution in [0.2, 0.25) is 0 Å². The first-order chi connectivity index (χ1) is 9.47. The molecule has 0 aliphatic carbocycles. The van der Waals surface area contributed by atoms with Gasteiger partial charge in [0.05, 0.1) is 14.2 Å². The molecule has 0 amide bonds. The normalized spacial score (nSPS) is 13.7. The van der Waals surface area contributed by atoms with E-state index in [4.69, 9.17) is 9.47 Å². The number of aryl methyl sites for hydroxylation is 1. The number of benzene rings is 2. The molecule has 2 rings (SSSR count). The Labute approximate surface area is 119 Å². The van der Waals surface area contributed by atoms with Crippen molar-refractivity contribution in [3.63, 3.8) is 0 Å². The maximum Gasteiger partial charge on any atom is 0.122 e. The van der Waals surface area contributed by atoms with Crippen LogP contribution in [-0.2, 0) is 5.60 Å². The van der Waals surface area contributed by atoms with Gasteiger partial charge in [0.15, 0.2) is 0 Å². The average molecular weight is 272 g/mol. The van der Waals surface area contributed by atoms with Gasteiger partial charge in [-0.3, -0.25) is 0 Å². The first kappa shape index (κ1) is 14.4. The highest BCUT2D eigenvalue weighted by Gasteiger charge is 2.27. The Balaban J connectivity index is 2.53. The second-order valence-corrected chi connectivity index (χ2v) is 5.04. The van der Waals surface area contributed by atoms with Crippen LogP contribution in [0.15, 0.2) is 42.5 Å². The fourth-order valence-corrected chi connectivity index (χ4v) is 2.20. The van der Waals surface area contributed by atoms with Crippen molar-refractivity contribution < 1.29 is 14.6 Å². The van der Waals surface area contributed by atoms with Gasteiger partial charge in [-0.25, -0.2) is 0 Å². The molecule has 1 atom stereocenters. The zero-order valence-electron chi connectivity index (χ0n) is 12.3. The van der Waals surface area contributed by atoms with Crippen LogP contribution in [0.25, 0.3) is 0 Å². The summed E-state index contributed by atoms with van der Waals surface area (Å²) in [6, 6.07) is 13.3. The largest absolute Gasteiger partial charge is 0.497 e. The fourth-order valence-electron chi connectivity index (χ4n) is 2.20. The van der Waals surface area contributed by atoms with Crippen LogP contribution >= 0.6 is 0 Å². The van der Waals surface area contributed by atoms with Gasteiger partial charge >= 0.3 is 0 Å². The molecule has 0 heterocycles. The molecule has 0 bridgehead atoms. The summed E-state index contributed by atoms with van der Waals surface area (Å²) in [5.74, 6) is 1.32. The Morgan fingerprint density at radius 3 is 2.00 bits per heavy atom. The number of hydrogen-bond donors (Lipinski definition) is 1. The first-order valence-electron chi connectivity index (χ1n) is 6.50. The van der Waals surface area contributed by atoms with Crippen molar-refractivity contribution in [3.05, 3.63) is 59.2 Å². The minimum absolute atomic E-state index is 0.660. The standard InChI is InChI=1S/C17H20O3/c1-12-6-5-7-13(8-12)17(2,18)14-9-15(19-3)11-16(10-14)20-4/h5-11,18H,1-4H3. The molecule has 106 valence electrons. The predicted octanol–water partition coefficient (Wildman–Crippen LogP) is 3.27. The van der Waals surface area contributed by atoms with Crippen molar-refractivity contribution in [2.24, 2.45) is 0 Å². The molecule has 0 fully saturated rings. The molecule has 0 saturated heterocycles. The maximum atomic E-state index is 10.9. The molecule has 0 spiro atoms. The Morgan fingerprint density at radius 1 is 0.900 bits per heavy atom. The van der Waals surface area contributed by atoms with E-state index in [-0.39, 0.29) is 0 Å². The topological polar surface area (TPSA) is 38.7 Å². The number of ether oxygens (including phenoxy) is 2. The van der Waals surface area contributed by atoms with Gasteiger partial charge in [0.2, 0.25) is 0 Å². The summed E-state index contributed by atoms with van der Waals surface area (Å²) in [5, 5.41) is 10.9. The van der Waals surface area contributed by atoms with E-state index >= 15 is 0 Å². The number of aliphatic hydroxyl groups is 1. The van der Waals surface area contributed by atoms with Crippen LogP contribution in [0.4, 0.5) is 0 Å². The van der Waals surface area contributed by atoms with Gasteiger partial charge < -0.3 is 14.6 Å². The van der Waals surface area contributed by atoms with Crippen LogP contribution in [0.1, 0.15) is 23.6 Å². The summed E-state index contributed by atoms with van der Waals surface area (Å²) in [6.45, 7) is 3.78. The minimum Gasteiger partial charge on any atom is -0.497 e. The van der Waals surface area contributed by atoms with Crippen LogP contribution in [0.5, 0.6) is 11.5 Å². The summed E-state index contributed by atoms with van der Waals surface area (Å²) >= 11 is 0. The first-order valence-corrected chi connectivity index (χ1v) is 6.50. The monoisotopic (exact) mass is 272 g/mol. The van der Waals surface area contributed by atoms with Crippen LogP contribution in [-0.4, -0.2) is 19.3 Å². The smallest absolute Gasteiger partial charge is 0.122 e. The lowest BCUT2D eigenvalue weighted by Gasteiger charge is -2.26. The van der Waals surface area contributed by atoms with Crippen molar-refractivity contribution in [3.8, 4) is 11.5 Å². The van der Waals surface area contributed by atoms with Gasteiger partial charge in [-0.1, -0.05) is 29.8 Å². The van der Waals surface area contributed by atoms with E-state index in [2.05, 4.69) is 0 Å². The molecule has 2 aromatic carbocycles. The average Bonchev–Trinajstić information content (AvgIpc) is 2.46. The Kier molecular flexibility index (Phi) is 4.00. The lowest BCUT2D eigenvalue weighted by molar-refractivity contribution is 0.102. The second kappa shape index (κ2) is 5.55. The Hall–Kier alpha value is -2.00. The summed E-state index contributed by atoms with van der Waals surface area (Å²) < 4.78 is 10.5. The fraction of sp³-hybridized carbons (Fsp3) is 0.294. The van der Waals surface area contributed by atoms with Crippen molar-refractivity contribution in [2.45, 2.75) is 19.4 Å². The summed E-state index contributed by atoms with van der Waals surface area (Å²) in [6.07, 6.45) is 0. The number of methoxy groups -OCH3 is 2. The van der Waals surface area contributed by atoms with Crippen molar-refractivity contribution in [1.82, 2.24) is 0 Å². The third-order valence-electron chi connectivity index (χ3n) is 3.49. The third kappa shape index (κ3) is 2.78. The minimum atomic E-state index is -1.10. The van der Waals surface area contributed by atoms with Gasteiger partial charge in [-0.15, -0.1) is 0 Å². The van der Waals surface area contributed by atoms with Gasteiger partial charge in [0.25, 0.3) is 0 Å². The van der Waals surface area contributed by atoms with E-state index < -0.39 is 5.60 Å². The number of rotatable bonds is 4. The van der Waals surface area contributed by atoms with E-state index in [0.717, 1.165) is 16.7 Å².